The van der Waals surface area contributed by atoms with Crippen LogP contribution in [-0.4, -0.2) is 39.3 Å². The molecule has 8 heteroatoms. The van der Waals surface area contributed by atoms with Gasteiger partial charge < -0.3 is 14.3 Å². The predicted molar refractivity (Wildman–Crippen MR) is 69.1 cm³/mol. The molecule has 0 atom stereocenters. The van der Waals surface area contributed by atoms with Gasteiger partial charge in [0.05, 0.1) is 0 Å². The van der Waals surface area contributed by atoms with Gasteiger partial charge in [0.15, 0.2) is 0 Å². The molecule has 0 aromatic carbocycles. The Balaban J connectivity index is 2.07. The minimum absolute atomic E-state index is 0.0712. The zero-order valence-electron chi connectivity index (χ0n) is 11.1. The fourth-order valence-electron chi connectivity index (χ4n) is 2.09. The number of aryl methyl sites for hydroxylation is 1. The average Bonchev–Trinajstić information content (AvgIpc) is 2.81. The summed E-state index contributed by atoms with van der Waals surface area (Å²) in [5.41, 5.74) is 0. The lowest BCUT2D eigenvalue weighted by atomic mass is 10.0. The molecule has 0 amide bonds. The van der Waals surface area contributed by atoms with E-state index in [-0.39, 0.29) is 22.3 Å². The molecule has 1 aliphatic rings. The number of sulfonamides is 1. The highest BCUT2D eigenvalue weighted by Crippen LogP contribution is 2.21. The first-order valence-corrected chi connectivity index (χ1v) is 7.79. The molecule has 0 unspecified atom stereocenters. The van der Waals surface area contributed by atoms with Crippen LogP contribution >= 0.6 is 0 Å². The van der Waals surface area contributed by atoms with E-state index in [4.69, 9.17) is 14.3 Å². The maximum Gasteiger partial charge on any atom is 0.371 e. The van der Waals surface area contributed by atoms with Gasteiger partial charge in [0.25, 0.3) is 0 Å². The first kappa shape index (κ1) is 15.0. The second kappa shape index (κ2) is 5.94. The van der Waals surface area contributed by atoms with E-state index in [1.54, 1.807) is 0 Å². The van der Waals surface area contributed by atoms with E-state index in [1.807, 2.05) is 0 Å². The van der Waals surface area contributed by atoms with E-state index < -0.39 is 16.0 Å². The van der Waals surface area contributed by atoms with Crippen LogP contribution in [0.3, 0.4) is 0 Å². The van der Waals surface area contributed by atoms with Gasteiger partial charge in [0.1, 0.15) is 10.7 Å². The van der Waals surface area contributed by atoms with E-state index in [2.05, 4.69) is 4.72 Å². The minimum Gasteiger partial charge on any atom is -0.475 e. The number of furan rings is 1. The summed E-state index contributed by atoms with van der Waals surface area (Å²) >= 11 is 0. The third kappa shape index (κ3) is 3.38. The first-order valence-electron chi connectivity index (χ1n) is 6.31. The van der Waals surface area contributed by atoms with Crippen LogP contribution in [0.4, 0.5) is 0 Å². The van der Waals surface area contributed by atoms with Gasteiger partial charge in [-0.25, -0.2) is 17.9 Å². The van der Waals surface area contributed by atoms with Gasteiger partial charge in [0, 0.05) is 25.8 Å². The van der Waals surface area contributed by atoms with Crippen LogP contribution in [0.15, 0.2) is 15.4 Å². The Bertz CT molecular complexity index is 585. The largest absolute Gasteiger partial charge is 0.475 e. The summed E-state index contributed by atoms with van der Waals surface area (Å²) in [4.78, 5) is 10.7. The third-order valence-electron chi connectivity index (χ3n) is 3.28. The van der Waals surface area contributed by atoms with Crippen LogP contribution in [0.2, 0.25) is 0 Å². The molecule has 0 aliphatic carbocycles. The number of carbonyl (C=O) groups is 1. The third-order valence-corrected chi connectivity index (χ3v) is 4.81. The van der Waals surface area contributed by atoms with Crippen molar-refractivity contribution in [1.29, 1.82) is 0 Å². The molecule has 1 fully saturated rings. The monoisotopic (exact) mass is 303 g/mol. The number of rotatable bonds is 5. The van der Waals surface area contributed by atoms with Gasteiger partial charge >= 0.3 is 5.97 Å². The molecule has 1 aliphatic heterocycles. The molecule has 1 aromatic heterocycles. The quantitative estimate of drug-likeness (QED) is 0.840. The molecule has 2 N–H and O–H groups in total. The van der Waals surface area contributed by atoms with Gasteiger partial charge in [-0.3, -0.25) is 0 Å². The molecule has 112 valence electrons. The molecule has 0 saturated carbocycles. The standard InChI is InChI=1S/C12H17NO6S/c1-8-11(6-10(19-8)12(14)15)20(16,17)13-7-9-2-4-18-5-3-9/h6,9,13H,2-5,7H2,1H3,(H,14,15). The molecular formula is C12H17NO6S. The van der Waals surface area contributed by atoms with Crippen molar-refractivity contribution in [3.63, 3.8) is 0 Å². The molecule has 0 spiro atoms. The minimum atomic E-state index is -3.75. The SMILES string of the molecule is Cc1oc(C(=O)O)cc1S(=O)(=O)NCC1CCOCC1. The van der Waals surface area contributed by atoms with Gasteiger partial charge in [-0.2, -0.15) is 0 Å². The summed E-state index contributed by atoms with van der Waals surface area (Å²) in [7, 11) is -3.75. The summed E-state index contributed by atoms with van der Waals surface area (Å²) in [6, 6.07) is 1.03. The summed E-state index contributed by atoms with van der Waals surface area (Å²) in [6.45, 7) is 3.02. The smallest absolute Gasteiger partial charge is 0.371 e. The zero-order valence-corrected chi connectivity index (χ0v) is 11.9. The molecule has 0 radical (unpaired) electrons. The molecule has 2 rings (SSSR count). The Hall–Kier alpha value is -1.38. The Labute approximate surface area is 117 Å². The van der Waals surface area contributed by atoms with Crippen molar-refractivity contribution in [1.82, 2.24) is 4.72 Å². The lowest BCUT2D eigenvalue weighted by Crippen LogP contribution is -2.32. The molecule has 7 nitrogen and oxygen atoms in total. The Kier molecular flexibility index (Phi) is 4.46. The number of carboxylic acid groups (broad SMARTS) is 1. The van der Waals surface area contributed by atoms with Gasteiger partial charge in [0.2, 0.25) is 15.8 Å². The molecule has 1 aromatic rings. The van der Waals surface area contributed by atoms with E-state index in [9.17, 15) is 13.2 Å². The second-order valence-corrected chi connectivity index (χ2v) is 6.48. The lowest BCUT2D eigenvalue weighted by Gasteiger charge is -2.21. The van der Waals surface area contributed by atoms with Crippen LogP contribution in [-0.2, 0) is 14.8 Å². The highest BCUT2D eigenvalue weighted by Gasteiger charge is 2.25. The molecule has 20 heavy (non-hydrogen) atoms. The fourth-order valence-corrected chi connectivity index (χ4v) is 3.39. The molecule has 1 saturated heterocycles. The number of hydrogen-bond donors (Lipinski definition) is 2. The summed E-state index contributed by atoms with van der Waals surface area (Å²) < 4.78 is 36.9. The maximum atomic E-state index is 12.1. The second-order valence-electron chi connectivity index (χ2n) is 4.74. The van der Waals surface area contributed by atoms with Crippen molar-refractivity contribution in [3.05, 3.63) is 17.6 Å². The van der Waals surface area contributed by atoms with Crippen LogP contribution in [0.25, 0.3) is 0 Å². The number of carboxylic acids is 1. The highest BCUT2D eigenvalue weighted by molar-refractivity contribution is 7.89. The molecule has 0 bridgehead atoms. The molecule has 2 heterocycles. The van der Waals surface area contributed by atoms with Crippen molar-refractivity contribution < 1.29 is 27.5 Å². The summed E-state index contributed by atoms with van der Waals surface area (Å²) in [6.07, 6.45) is 1.63. The van der Waals surface area contributed by atoms with Crippen molar-refractivity contribution in [3.8, 4) is 0 Å². The number of ether oxygens (including phenoxy) is 1. The van der Waals surface area contributed by atoms with Crippen LogP contribution in [0.1, 0.15) is 29.2 Å². The Morgan fingerprint density at radius 1 is 1.45 bits per heavy atom. The normalized spacial score (nSPS) is 17.2. The number of hydrogen-bond acceptors (Lipinski definition) is 5. The first-order chi connectivity index (χ1) is 9.40. The maximum absolute atomic E-state index is 12.1. The summed E-state index contributed by atoms with van der Waals surface area (Å²) in [5, 5.41) is 8.80. The van der Waals surface area contributed by atoms with Gasteiger partial charge in [-0.15, -0.1) is 0 Å². The van der Waals surface area contributed by atoms with Crippen LogP contribution in [0.5, 0.6) is 0 Å². The van der Waals surface area contributed by atoms with Gasteiger partial charge in [-0.1, -0.05) is 0 Å². The van der Waals surface area contributed by atoms with Crippen LogP contribution < -0.4 is 4.72 Å². The Morgan fingerprint density at radius 3 is 2.65 bits per heavy atom. The number of nitrogens with one attached hydrogen (secondary N) is 1. The average molecular weight is 303 g/mol. The lowest BCUT2D eigenvalue weighted by molar-refractivity contribution is 0.0660. The topological polar surface area (TPSA) is 106 Å². The number of aromatic carboxylic acids is 1. The van der Waals surface area contributed by atoms with E-state index in [1.165, 1.54) is 6.92 Å². The van der Waals surface area contributed by atoms with Crippen LogP contribution in [0, 0.1) is 12.8 Å². The van der Waals surface area contributed by atoms with E-state index in [0.717, 1.165) is 18.9 Å². The molecular weight excluding hydrogens is 286 g/mol. The highest BCUT2D eigenvalue weighted by atomic mass is 32.2. The fraction of sp³-hybridized carbons (Fsp3) is 0.583. The van der Waals surface area contributed by atoms with E-state index >= 15 is 0 Å². The van der Waals surface area contributed by atoms with E-state index in [0.29, 0.717) is 19.8 Å². The summed E-state index contributed by atoms with van der Waals surface area (Å²) in [5.74, 6) is -1.36. The van der Waals surface area contributed by atoms with Gasteiger partial charge in [-0.05, 0) is 25.7 Å². The predicted octanol–water partition coefficient (Wildman–Crippen LogP) is 0.991. The Morgan fingerprint density at radius 2 is 2.10 bits per heavy atom. The van der Waals surface area contributed by atoms with Crippen molar-refractivity contribution in [2.24, 2.45) is 5.92 Å². The van der Waals surface area contributed by atoms with Crippen molar-refractivity contribution in [2.75, 3.05) is 19.8 Å². The van der Waals surface area contributed by atoms with Crippen molar-refractivity contribution >= 4 is 16.0 Å². The van der Waals surface area contributed by atoms with Crippen molar-refractivity contribution in [2.45, 2.75) is 24.7 Å². The zero-order chi connectivity index (χ0) is 14.8.